The lowest BCUT2D eigenvalue weighted by atomic mass is 10.1. The summed E-state index contributed by atoms with van der Waals surface area (Å²) in [5.41, 5.74) is 8.40. The Labute approximate surface area is 172 Å². The molecule has 0 bridgehead atoms. The fourth-order valence-electron chi connectivity index (χ4n) is 3.16. The van der Waals surface area contributed by atoms with E-state index in [4.69, 9.17) is 19.7 Å². The average molecular weight is 404 g/mol. The minimum Gasteiger partial charge on any atom is -0.497 e. The number of anilines is 1. The number of hydrogen-bond donors (Lipinski definition) is 2. The number of carbonyl (C=O) groups excluding carboxylic acids is 1. The van der Waals surface area contributed by atoms with Crippen LogP contribution in [0.15, 0.2) is 59.1 Å². The van der Waals surface area contributed by atoms with Gasteiger partial charge in [-0.1, -0.05) is 29.4 Å². The van der Waals surface area contributed by atoms with Crippen LogP contribution < -0.4 is 20.5 Å². The van der Waals surface area contributed by atoms with Crippen LogP contribution in [0.5, 0.6) is 11.5 Å². The molecule has 8 nitrogen and oxygen atoms in total. The zero-order valence-corrected chi connectivity index (χ0v) is 16.5. The van der Waals surface area contributed by atoms with Crippen LogP contribution in [0.4, 0.5) is 5.88 Å². The number of nitrogens with two attached hydrogens (primary N) is 1. The number of hydrogen-bond acceptors (Lipinski definition) is 7. The maximum absolute atomic E-state index is 12.9. The molecule has 0 aliphatic rings. The summed E-state index contributed by atoms with van der Waals surface area (Å²) in [6.07, 6.45) is 0. The Morgan fingerprint density at radius 2 is 1.93 bits per heavy atom. The molecule has 0 aliphatic heterocycles. The normalized spacial score (nSPS) is 10.7. The summed E-state index contributed by atoms with van der Waals surface area (Å²) in [4.78, 5) is 17.5. The van der Waals surface area contributed by atoms with Gasteiger partial charge in [0.15, 0.2) is 0 Å². The number of nitrogens with one attached hydrogen (secondary N) is 1. The predicted molar refractivity (Wildman–Crippen MR) is 112 cm³/mol. The number of ether oxygens (including phenoxy) is 2. The second kappa shape index (κ2) is 8.12. The first kappa shape index (κ1) is 19.3. The first-order valence-corrected chi connectivity index (χ1v) is 9.21. The second-order valence-corrected chi connectivity index (χ2v) is 6.52. The number of pyridine rings is 1. The molecule has 4 rings (SSSR count). The van der Waals surface area contributed by atoms with E-state index in [1.165, 1.54) is 0 Å². The zero-order valence-electron chi connectivity index (χ0n) is 16.5. The summed E-state index contributed by atoms with van der Waals surface area (Å²) in [7, 11) is 3.13. The molecule has 0 saturated heterocycles. The van der Waals surface area contributed by atoms with Crippen molar-refractivity contribution < 1.29 is 18.8 Å². The number of amides is 1. The van der Waals surface area contributed by atoms with Crippen molar-refractivity contribution in [3.63, 3.8) is 0 Å². The lowest BCUT2D eigenvalue weighted by molar-refractivity contribution is 0.0952. The van der Waals surface area contributed by atoms with Gasteiger partial charge in [0, 0.05) is 23.6 Å². The van der Waals surface area contributed by atoms with Crippen molar-refractivity contribution in [2.75, 3.05) is 20.0 Å². The molecule has 2 aromatic heterocycles. The zero-order chi connectivity index (χ0) is 21.1. The molecule has 0 atom stereocenters. The van der Waals surface area contributed by atoms with Crippen molar-refractivity contribution in [2.24, 2.45) is 0 Å². The molecule has 152 valence electrons. The van der Waals surface area contributed by atoms with E-state index in [1.807, 2.05) is 36.4 Å². The summed E-state index contributed by atoms with van der Waals surface area (Å²) < 4.78 is 15.7. The van der Waals surface area contributed by atoms with Crippen molar-refractivity contribution in [1.29, 1.82) is 0 Å². The molecule has 30 heavy (non-hydrogen) atoms. The number of nitrogens with zero attached hydrogens (tertiary/aromatic N) is 2. The summed E-state index contributed by atoms with van der Waals surface area (Å²) >= 11 is 0. The fourth-order valence-corrected chi connectivity index (χ4v) is 3.16. The summed E-state index contributed by atoms with van der Waals surface area (Å²) in [6.45, 7) is 0.223. The fraction of sp³-hybridized carbons (Fsp3) is 0.136. The molecule has 0 unspecified atom stereocenters. The summed E-state index contributed by atoms with van der Waals surface area (Å²) in [6, 6.07) is 16.7. The Kier molecular flexibility index (Phi) is 5.21. The van der Waals surface area contributed by atoms with Gasteiger partial charge in [0.2, 0.25) is 5.88 Å². The second-order valence-electron chi connectivity index (χ2n) is 6.52. The van der Waals surface area contributed by atoms with Gasteiger partial charge in [-0.05, 0) is 24.3 Å². The topological polar surface area (TPSA) is 112 Å². The standard InChI is InChI=1S/C22H20N4O4/c1-28-15-9-7-14(18(11-15)29-2)12-24-22(27)19-20(26-30-21(19)23)17-10-8-13-5-3-4-6-16(13)25-17/h3-11H,12,23H2,1-2H3,(H,24,27). The van der Waals surface area contributed by atoms with Crippen LogP contribution in [0.3, 0.4) is 0 Å². The van der Waals surface area contributed by atoms with Crippen LogP contribution in [-0.4, -0.2) is 30.3 Å². The van der Waals surface area contributed by atoms with E-state index in [9.17, 15) is 4.79 Å². The minimum atomic E-state index is -0.420. The van der Waals surface area contributed by atoms with Gasteiger partial charge in [0.1, 0.15) is 22.8 Å². The highest BCUT2D eigenvalue weighted by atomic mass is 16.5. The summed E-state index contributed by atoms with van der Waals surface area (Å²) in [5, 5.41) is 7.78. The largest absolute Gasteiger partial charge is 0.497 e. The third-order valence-electron chi connectivity index (χ3n) is 4.72. The van der Waals surface area contributed by atoms with E-state index in [0.717, 1.165) is 16.5 Å². The van der Waals surface area contributed by atoms with Crippen LogP contribution in [0.1, 0.15) is 15.9 Å². The quantitative estimate of drug-likeness (QED) is 0.506. The van der Waals surface area contributed by atoms with E-state index in [-0.39, 0.29) is 23.7 Å². The Hall–Kier alpha value is -4.07. The highest BCUT2D eigenvalue weighted by Crippen LogP contribution is 2.28. The maximum atomic E-state index is 12.9. The van der Waals surface area contributed by atoms with Gasteiger partial charge in [-0.15, -0.1) is 0 Å². The van der Waals surface area contributed by atoms with Crippen LogP contribution in [0.2, 0.25) is 0 Å². The third-order valence-corrected chi connectivity index (χ3v) is 4.72. The van der Waals surface area contributed by atoms with Gasteiger partial charge < -0.3 is 25.0 Å². The van der Waals surface area contributed by atoms with Crippen LogP contribution >= 0.6 is 0 Å². The van der Waals surface area contributed by atoms with E-state index in [2.05, 4.69) is 15.5 Å². The molecule has 0 spiro atoms. The number of methoxy groups -OCH3 is 2. The molecule has 0 aliphatic carbocycles. The highest BCUT2D eigenvalue weighted by molar-refractivity contribution is 6.03. The van der Waals surface area contributed by atoms with Crippen LogP contribution in [0, 0.1) is 0 Å². The molecule has 2 aromatic carbocycles. The van der Waals surface area contributed by atoms with E-state index < -0.39 is 5.91 Å². The van der Waals surface area contributed by atoms with E-state index in [0.29, 0.717) is 17.2 Å². The smallest absolute Gasteiger partial charge is 0.259 e. The molecule has 0 fully saturated rings. The predicted octanol–water partition coefficient (Wildman–Crippen LogP) is 3.42. The first-order chi connectivity index (χ1) is 14.6. The van der Waals surface area contributed by atoms with Crippen molar-refractivity contribution in [3.8, 4) is 22.9 Å². The Morgan fingerprint density at radius 1 is 1.10 bits per heavy atom. The van der Waals surface area contributed by atoms with Gasteiger partial charge in [0.05, 0.1) is 25.4 Å². The SMILES string of the molecule is COc1ccc(CNC(=O)c2c(-c3ccc4ccccc4n3)noc2N)c(OC)c1. The summed E-state index contributed by atoms with van der Waals surface area (Å²) in [5.74, 6) is 0.773. The van der Waals surface area contributed by atoms with Crippen molar-refractivity contribution in [1.82, 2.24) is 15.5 Å². The van der Waals surface area contributed by atoms with Crippen molar-refractivity contribution in [2.45, 2.75) is 6.54 Å². The monoisotopic (exact) mass is 404 g/mol. The Bertz CT molecular complexity index is 1220. The average Bonchev–Trinajstić information content (AvgIpc) is 3.18. The number of carbonyl (C=O) groups is 1. The number of benzene rings is 2. The lowest BCUT2D eigenvalue weighted by Crippen LogP contribution is -2.24. The number of fused-ring (bicyclic) bond motifs is 1. The molecule has 8 heteroatoms. The number of nitrogen functional groups attached to an aromatic ring is 1. The lowest BCUT2D eigenvalue weighted by Gasteiger charge is -2.11. The minimum absolute atomic E-state index is 0.0702. The molecular formula is C22H20N4O4. The molecular weight excluding hydrogens is 384 g/mol. The Balaban J connectivity index is 1.60. The molecule has 2 heterocycles. The molecule has 0 radical (unpaired) electrons. The van der Waals surface area contributed by atoms with Gasteiger partial charge in [0.25, 0.3) is 5.91 Å². The van der Waals surface area contributed by atoms with Gasteiger partial charge in [-0.2, -0.15) is 0 Å². The van der Waals surface area contributed by atoms with Gasteiger partial charge in [-0.3, -0.25) is 4.79 Å². The van der Waals surface area contributed by atoms with E-state index in [1.54, 1.807) is 32.4 Å². The molecule has 0 saturated carbocycles. The number of aromatic nitrogens is 2. The molecule has 4 aromatic rings. The number of para-hydroxylation sites is 1. The third kappa shape index (κ3) is 3.62. The maximum Gasteiger partial charge on any atom is 0.259 e. The molecule has 3 N–H and O–H groups in total. The Morgan fingerprint density at radius 3 is 2.73 bits per heavy atom. The van der Waals surface area contributed by atoms with Gasteiger partial charge >= 0.3 is 0 Å². The first-order valence-electron chi connectivity index (χ1n) is 9.21. The van der Waals surface area contributed by atoms with E-state index >= 15 is 0 Å². The van der Waals surface area contributed by atoms with Crippen molar-refractivity contribution in [3.05, 3.63) is 65.7 Å². The van der Waals surface area contributed by atoms with Crippen molar-refractivity contribution >= 4 is 22.7 Å². The van der Waals surface area contributed by atoms with Crippen LogP contribution in [0.25, 0.3) is 22.3 Å². The number of rotatable bonds is 6. The molecule has 1 amide bonds. The van der Waals surface area contributed by atoms with Crippen LogP contribution in [-0.2, 0) is 6.54 Å². The highest BCUT2D eigenvalue weighted by Gasteiger charge is 2.23. The van der Waals surface area contributed by atoms with Gasteiger partial charge in [-0.25, -0.2) is 4.98 Å².